The maximum Gasteiger partial charge on any atom is 0.265 e. The van der Waals surface area contributed by atoms with E-state index >= 15 is 0 Å². The van der Waals surface area contributed by atoms with Crippen LogP contribution in [0.3, 0.4) is 0 Å². The molecule has 2 N–H and O–H groups in total. The maximum atomic E-state index is 12.7. The highest BCUT2D eigenvalue weighted by molar-refractivity contribution is 6.32. The number of rotatable bonds is 8. The zero-order valence-electron chi connectivity index (χ0n) is 17.8. The molecule has 0 aliphatic carbocycles. The molecule has 164 valence electrons. The standard InChI is InChI=1S/C23H26ClN3O4/c1-14(2)10-11-31-18-8-5-16(6-9-18)22(29)26-25-20-13-21(28)27(23(20)30)17-7-4-15(3)19(24)12-17/h4-9,12,14,20,25H,10-11,13H2,1-3H3,(H,26,29)/t20-/m1/s1. The number of imide groups is 1. The lowest BCUT2D eigenvalue weighted by atomic mass is 10.1. The van der Waals surface area contributed by atoms with Gasteiger partial charge < -0.3 is 4.74 Å². The lowest BCUT2D eigenvalue weighted by molar-refractivity contribution is -0.121. The molecular formula is C23H26ClN3O4. The van der Waals surface area contributed by atoms with Gasteiger partial charge in [0, 0.05) is 10.6 Å². The molecule has 3 amide bonds. The number of aryl methyl sites for hydroxylation is 1. The second-order valence-corrected chi connectivity index (χ2v) is 8.32. The first-order valence-electron chi connectivity index (χ1n) is 10.2. The largest absolute Gasteiger partial charge is 0.494 e. The number of halogens is 1. The predicted molar refractivity (Wildman–Crippen MR) is 119 cm³/mol. The van der Waals surface area contributed by atoms with Gasteiger partial charge in [0.2, 0.25) is 5.91 Å². The summed E-state index contributed by atoms with van der Waals surface area (Å²) in [5, 5.41) is 0.472. The second-order valence-electron chi connectivity index (χ2n) is 7.91. The molecule has 2 aromatic rings. The third-order valence-electron chi connectivity index (χ3n) is 5.00. The molecule has 8 heteroatoms. The first-order valence-corrected chi connectivity index (χ1v) is 10.6. The smallest absolute Gasteiger partial charge is 0.265 e. The Hall–Kier alpha value is -2.90. The number of nitrogens with zero attached hydrogens (tertiary/aromatic N) is 1. The molecule has 1 heterocycles. The number of carbonyl (C=O) groups excluding carboxylic acids is 3. The van der Waals surface area contributed by atoms with Crippen molar-refractivity contribution in [1.29, 1.82) is 0 Å². The fourth-order valence-corrected chi connectivity index (χ4v) is 3.25. The van der Waals surface area contributed by atoms with Crippen molar-refractivity contribution < 1.29 is 19.1 Å². The zero-order chi connectivity index (χ0) is 22.5. The fraction of sp³-hybridized carbons (Fsp3) is 0.348. The van der Waals surface area contributed by atoms with Gasteiger partial charge in [-0.25, -0.2) is 10.3 Å². The van der Waals surface area contributed by atoms with Crippen molar-refractivity contribution in [3.63, 3.8) is 0 Å². The molecule has 0 aromatic heterocycles. The Bertz CT molecular complexity index is 975. The summed E-state index contributed by atoms with van der Waals surface area (Å²) in [6.45, 7) is 6.71. The Morgan fingerprint density at radius 2 is 1.90 bits per heavy atom. The lowest BCUT2D eigenvalue weighted by Crippen LogP contribution is -2.48. The Morgan fingerprint density at radius 3 is 2.55 bits per heavy atom. The zero-order valence-corrected chi connectivity index (χ0v) is 18.5. The quantitative estimate of drug-likeness (QED) is 0.480. The Labute approximate surface area is 186 Å². The van der Waals surface area contributed by atoms with Crippen LogP contribution in [0.15, 0.2) is 42.5 Å². The van der Waals surface area contributed by atoms with Crippen molar-refractivity contribution in [2.24, 2.45) is 5.92 Å². The van der Waals surface area contributed by atoms with E-state index in [-0.39, 0.29) is 12.3 Å². The molecule has 1 aliphatic heterocycles. The van der Waals surface area contributed by atoms with Gasteiger partial charge in [-0.2, -0.15) is 0 Å². The van der Waals surface area contributed by atoms with Gasteiger partial charge in [-0.05, 0) is 61.2 Å². The number of hydrogen-bond acceptors (Lipinski definition) is 5. The predicted octanol–water partition coefficient (Wildman–Crippen LogP) is 3.64. The van der Waals surface area contributed by atoms with Crippen molar-refractivity contribution in [3.8, 4) is 5.75 Å². The number of hydrogen-bond donors (Lipinski definition) is 2. The van der Waals surface area contributed by atoms with Crippen LogP contribution in [0.2, 0.25) is 5.02 Å². The molecule has 31 heavy (non-hydrogen) atoms. The van der Waals surface area contributed by atoms with Crippen LogP contribution in [0.4, 0.5) is 5.69 Å². The van der Waals surface area contributed by atoms with E-state index in [1.165, 1.54) is 0 Å². The molecule has 1 saturated heterocycles. The number of hydrazine groups is 1. The molecule has 7 nitrogen and oxygen atoms in total. The van der Waals surface area contributed by atoms with Crippen molar-refractivity contribution in [3.05, 3.63) is 58.6 Å². The molecule has 1 atom stereocenters. The van der Waals surface area contributed by atoms with Crippen LogP contribution in [0.25, 0.3) is 0 Å². The van der Waals surface area contributed by atoms with Crippen molar-refractivity contribution in [2.75, 3.05) is 11.5 Å². The summed E-state index contributed by atoms with van der Waals surface area (Å²) in [5.74, 6) is 0.0267. The topological polar surface area (TPSA) is 87.7 Å². The average molecular weight is 444 g/mol. The van der Waals surface area contributed by atoms with E-state index in [1.807, 2.05) is 6.92 Å². The molecule has 0 spiro atoms. The van der Waals surface area contributed by atoms with Crippen LogP contribution < -0.4 is 20.5 Å². The summed E-state index contributed by atoms with van der Waals surface area (Å²) < 4.78 is 5.64. The van der Waals surface area contributed by atoms with Gasteiger partial charge in [-0.15, -0.1) is 0 Å². The SMILES string of the molecule is Cc1ccc(N2C(=O)C[C@@H](NNC(=O)c3ccc(OCCC(C)C)cc3)C2=O)cc1Cl. The van der Waals surface area contributed by atoms with E-state index < -0.39 is 17.9 Å². The molecule has 0 unspecified atom stereocenters. The molecule has 3 rings (SSSR count). The number of benzene rings is 2. The van der Waals surface area contributed by atoms with Crippen LogP contribution in [0.1, 0.15) is 42.6 Å². The molecule has 1 fully saturated rings. The lowest BCUT2D eigenvalue weighted by Gasteiger charge is -2.16. The molecule has 1 aliphatic rings. The Kier molecular flexibility index (Phi) is 7.30. The van der Waals surface area contributed by atoms with E-state index in [1.54, 1.807) is 42.5 Å². The highest BCUT2D eigenvalue weighted by Gasteiger charge is 2.39. The summed E-state index contributed by atoms with van der Waals surface area (Å²) in [7, 11) is 0. The van der Waals surface area contributed by atoms with E-state index in [0.717, 1.165) is 16.9 Å². The van der Waals surface area contributed by atoms with Gasteiger partial charge in [0.25, 0.3) is 11.8 Å². The summed E-state index contributed by atoms with van der Waals surface area (Å²) in [4.78, 5) is 38.5. The molecular weight excluding hydrogens is 418 g/mol. The highest BCUT2D eigenvalue weighted by Crippen LogP contribution is 2.27. The van der Waals surface area contributed by atoms with Crippen molar-refractivity contribution in [1.82, 2.24) is 10.9 Å². The van der Waals surface area contributed by atoms with E-state index in [0.29, 0.717) is 34.5 Å². The fourth-order valence-electron chi connectivity index (χ4n) is 3.08. The molecule has 0 bridgehead atoms. The minimum Gasteiger partial charge on any atom is -0.494 e. The summed E-state index contributed by atoms with van der Waals surface area (Å²) in [5.41, 5.74) is 6.84. The first-order chi connectivity index (χ1) is 14.8. The Balaban J connectivity index is 1.56. The van der Waals surface area contributed by atoms with Gasteiger partial charge in [-0.1, -0.05) is 31.5 Å². The Morgan fingerprint density at radius 1 is 1.19 bits per heavy atom. The highest BCUT2D eigenvalue weighted by atomic mass is 35.5. The first kappa shape index (κ1) is 22.8. The van der Waals surface area contributed by atoms with E-state index in [2.05, 4.69) is 24.7 Å². The normalized spacial score (nSPS) is 16.2. The third-order valence-corrected chi connectivity index (χ3v) is 5.41. The second kappa shape index (κ2) is 9.94. The minimum atomic E-state index is -0.852. The van der Waals surface area contributed by atoms with Crippen LogP contribution in [0.5, 0.6) is 5.75 Å². The summed E-state index contributed by atoms with van der Waals surface area (Å²) >= 11 is 6.12. The van der Waals surface area contributed by atoms with Gasteiger partial charge in [0.15, 0.2) is 0 Å². The number of ether oxygens (including phenoxy) is 1. The van der Waals surface area contributed by atoms with Crippen LogP contribution >= 0.6 is 11.6 Å². The average Bonchev–Trinajstić information content (AvgIpc) is 3.02. The van der Waals surface area contributed by atoms with Gasteiger partial charge in [0.1, 0.15) is 11.8 Å². The van der Waals surface area contributed by atoms with Gasteiger partial charge in [0.05, 0.1) is 18.7 Å². The number of amides is 3. The number of nitrogens with one attached hydrogen (secondary N) is 2. The van der Waals surface area contributed by atoms with Gasteiger partial charge in [-0.3, -0.25) is 19.8 Å². The van der Waals surface area contributed by atoms with Crippen LogP contribution in [0, 0.1) is 12.8 Å². The van der Waals surface area contributed by atoms with E-state index in [4.69, 9.17) is 16.3 Å². The van der Waals surface area contributed by atoms with Crippen LogP contribution in [-0.2, 0) is 9.59 Å². The van der Waals surface area contributed by atoms with E-state index in [9.17, 15) is 14.4 Å². The molecule has 0 radical (unpaired) electrons. The van der Waals surface area contributed by atoms with Crippen molar-refractivity contribution in [2.45, 2.75) is 39.7 Å². The summed E-state index contributed by atoms with van der Waals surface area (Å²) in [6, 6.07) is 10.9. The molecule has 0 saturated carbocycles. The third kappa shape index (κ3) is 5.62. The number of carbonyl (C=O) groups is 3. The van der Waals surface area contributed by atoms with Gasteiger partial charge >= 0.3 is 0 Å². The minimum absolute atomic E-state index is 0.0623. The van der Waals surface area contributed by atoms with Crippen molar-refractivity contribution >= 4 is 35.0 Å². The maximum absolute atomic E-state index is 12.7. The van der Waals surface area contributed by atoms with Crippen LogP contribution in [-0.4, -0.2) is 30.4 Å². The number of anilines is 1. The summed E-state index contributed by atoms with van der Waals surface area (Å²) in [6.07, 6.45) is 0.888. The monoisotopic (exact) mass is 443 g/mol. The molecule has 2 aromatic carbocycles.